The highest BCUT2D eigenvalue weighted by Crippen LogP contribution is 2.54. The fraction of sp³-hybridized carbons (Fsp3) is 0.500. The third-order valence-electron chi connectivity index (χ3n) is 7.73. The molecule has 5 atom stereocenters. The Kier molecular flexibility index (Phi) is 5.66. The van der Waals surface area contributed by atoms with Crippen LogP contribution in [0.1, 0.15) is 37.0 Å². The summed E-state index contributed by atoms with van der Waals surface area (Å²) >= 11 is 0. The molecule has 0 radical (unpaired) electrons. The predicted molar refractivity (Wildman–Crippen MR) is 130 cm³/mol. The minimum atomic E-state index is -0.646. The van der Waals surface area contributed by atoms with Gasteiger partial charge >= 0.3 is 0 Å². The topological polar surface area (TPSA) is 44.7 Å². The van der Waals surface area contributed by atoms with Gasteiger partial charge in [0.25, 0.3) is 0 Å². The number of carbonyl (C=O) groups excluding carboxylic acids is 1. The van der Waals surface area contributed by atoms with E-state index in [1.807, 2.05) is 0 Å². The molecular formula is C28H35N3O. The first-order valence-corrected chi connectivity index (χ1v) is 12.1. The van der Waals surface area contributed by atoms with Crippen molar-refractivity contribution in [2.24, 2.45) is 28.7 Å². The van der Waals surface area contributed by atoms with Gasteiger partial charge in [-0.2, -0.15) is 0 Å². The lowest BCUT2D eigenvalue weighted by molar-refractivity contribution is -0.132. The Balaban J connectivity index is 1.44. The number of likely N-dealkylation sites (tertiary alicyclic amines) is 1. The quantitative estimate of drug-likeness (QED) is 0.714. The van der Waals surface area contributed by atoms with E-state index in [-0.39, 0.29) is 11.9 Å². The van der Waals surface area contributed by atoms with Crippen molar-refractivity contribution in [3.8, 4) is 0 Å². The molecule has 4 nitrogen and oxygen atoms in total. The van der Waals surface area contributed by atoms with Crippen LogP contribution in [0.4, 0.5) is 0 Å². The fourth-order valence-corrected chi connectivity index (χ4v) is 6.55. The van der Waals surface area contributed by atoms with Crippen LogP contribution in [-0.2, 0) is 17.8 Å². The van der Waals surface area contributed by atoms with Gasteiger partial charge in [-0.05, 0) is 48.6 Å². The summed E-state index contributed by atoms with van der Waals surface area (Å²) in [6, 6.07) is 19.3. The van der Waals surface area contributed by atoms with E-state index in [1.165, 1.54) is 11.1 Å². The monoisotopic (exact) mass is 429 g/mol. The van der Waals surface area contributed by atoms with Gasteiger partial charge in [-0.3, -0.25) is 14.7 Å². The Hall–Kier alpha value is -2.46. The number of nitrogens with one attached hydrogen (secondary N) is 1. The summed E-state index contributed by atoms with van der Waals surface area (Å²) in [6.45, 7) is 9.23. The van der Waals surface area contributed by atoms with Gasteiger partial charge in [-0.25, -0.2) is 0 Å². The molecule has 0 unspecified atom stereocenters. The molecule has 2 aromatic carbocycles. The van der Waals surface area contributed by atoms with Crippen LogP contribution < -0.4 is 5.32 Å². The van der Waals surface area contributed by atoms with Gasteiger partial charge in [0.05, 0.1) is 0 Å². The third-order valence-corrected chi connectivity index (χ3v) is 7.73. The maximum absolute atomic E-state index is 13.9. The van der Waals surface area contributed by atoms with E-state index in [2.05, 4.69) is 91.8 Å². The van der Waals surface area contributed by atoms with Crippen LogP contribution in [-0.4, -0.2) is 41.7 Å². The highest BCUT2D eigenvalue weighted by atomic mass is 16.2. The summed E-state index contributed by atoms with van der Waals surface area (Å²) in [4.78, 5) is 21.5. The number of nitrogens with zero attached hydrogens (tertiary/aromatic N) is 2. The number of hydrogen-bond donors (Lipinski definition) is 1. The minimum absolute atomic E-state index is 0.118. The standard InChI is InChI=1S/C28H35N3O/c1-19(2)17-31-18-24-14-23-16-30-28(24,26(31)25(23)13-21-9-5-4-6-10-21)27(32)29-15-22-11-7-8-20(3)12-22/h4-12,16,19,23-26H,13-15,17-18H2,1-3H3,(H,29,32)/t23-,24-,25+,26-,28-/m0/s1. The number of hydrogen-bond acceptors (Lipinski definition) is 3. The average Bonchev–Trinajstić information content (AvgIpc) is 3.03. The van der Waals surface area contributed by atoms with Crippen molar-refractivity contribution in [2.75, 3.05) is 13.1 Å². The first-order chi connectivity index (χ1) is 15.5. The molecule has 4 aliphatic rings. The second-order valence-corrected chi connectivity index (χ2v) is 10.5. The Morgan fingerprint density at radius 3 is 2.69 bits per heavy atom. The minimum Gasteiger partial charge on any atom is -0.350 e. The molecule has 3 heterocycles. The van der Waals surface area contributed by atoms with Crippen LogP contribution in [0.15, 0.2) is 59.6 Å². The van der Waals surface area contributed by atoms with Crippen LogP contribution in [0.5, 0.6) is 0 Å². The van der Waals surface area contributed by atoms with Crippen molar-refractivity contribution >= 4 is 12.1 Å². The van der Waals surface area contributed by atoms with Gasteiger partial charge in [-0.1, -0.05) is 74.0 Å². The lowest BCUT2D eigenvalue weighted by Gasteiger charge is -2.51. The number of aliphatic imine (C=N–C) groups is 1. The molecule has 1 aliphatic carbocycles. The normalized spacial score (nSPS) is 30.8. The van der Waals surface area contributed by atoms with E-state index in [0.717, 1.165) is 31.5 Å². The van der Waals surface area contributed by atoms with Crippen molar-refractivity contribution < 1.29 is 4.79 Å². The van der Waals surface area contributed by atoms with Crippen LogP contribution in [0.3, 0.4) is 0 Å². The van der Waals surface area contributed by atoms with E-state index in [0.29, 0.717) is 30.2 Å². The van der Waals surface area contributed by atoms with E-state index in [9.17, 15) is 4.79 Å². The first-order valence-electron chi connectivity index (χ1n) is 12.1. The predicted octanol–water partition coefficient (Wildman–Crippen LogP) is 4.27. The number of rotatable bonds is 7. The van der Waals surface area contributed by atoms with E-state index in [4.69, 9.17) is 4.99 Å². The number of amides is 1. The Morgan fingerprint density at radius 2 is 1.94 bits per heavy atom. The van der Waals surface area contributed by atoms with Gasteiger partial charge in [0.2, 0.25) is 5.91 Å². The SMILES string of the molecule is Cc1cccc(CNC(=O)[C@]23N=C[C@@H]4C[C@H]2CN(CC(C)C)[C@H]3[C@@H]4Cc2ccccc2)c1. The van der Waals surface area contributed by atoms with Crippen LogP contribution in [0, 0.1) is 30.6 Å². The van der Waals surface area contributed by atoms with E-state index < -0.39 is 5.54 Å². The molecule has 1 saturated heterocycles. The Bertz CT molecular complexity index is 1000. The molecule has 1 saturated carbocycles. The number of carbonyl (C=O) groups is 1. The molecule has 32 heavy (non-hydrogen) atoms. The molecule has 0 aromatic heterocycles. The van der Waals surface area contributed by atoms with Crippen molar-refractivity contribution in [3.05, 3.63) is 71.3 Å². The Morgan fingerprint density at radius 1 is 1.16 bits per heavy atom. The summed E-state index contributed by atoms with van der Waals surface area (Å²) < 4.78 is 0. The molecule has 1 N–H and O–H groups in total. The molecule has 3 aliphatic heterocycles. The lowest BCUT2D eigenvalue weighted by atomic mass is 9.59. The van der Waals surface area contributed by atoms with Gasteiger partial charge in [0, 0.05) is 37.8 Å². The van der Waals surface area contributed by atoms with Crippen LogP contribution >= 0.6 is 0 Å². The van der Waals surface area contributed by atoms with E-state index in [1.54, 1.807) is 0 Å². The van der Waals surface area contributed by atoms with Crippen molar-refractivity contribution in [2.45, 2.75) is 51.7 Å². The molecular weight excluding hydrogens is 394 g/mol. The zero-order valence-corrected chi connectivity index (χ0v) is 19.5. The first kappa shape index (κ1) is 21.4. The second-order valence-electron chi connectivity index (χ2n) is 10.5. The number of benzene rings is 2. The van der Waals surface area contributed by atoms with Crippen molar-refractivity contribution in [3.63, 3.8) is 0 Å². The molecule has 4 heteroatoms. The largest absolute Gasteiger partial charge is 0.350 e. The van der Waals surface area contributed by atoms with Gasteiger partial charge in [0.1, 0.15) is 0 Å². The van der Waals surface area contributed by atoms with Crippen LogP contribution in [0.2, 0.25) is 0 Å². The molecule has 6 rings (SSSR count). The van der Waals surface area contributed by atoms with E-state index >= 15 is 0 Å². The molecule has 168 valence electrons. The summed E-state index contributed by atoms with van der Waals surface area (Å²) in [6.07, 6.45) is 4.21. The maximum atomic E-state index is 13.9. The lowest BCUT2D eigenvalue weighted by Crippen LogP contribution is -2.66. The third kappa shape index (κ3) is 3.69. The zero-order valence-electron chi connectivity index (χ0n) is 19.5. The second kappa shape index (κ2) is 8.47. The summed E-state index contributed by atoms with van der Waals surface area (Å²) in [5.41, 5.74) is 3.08. The summed E-state index contributed by atoms with van der Waals surface area (Å²) in [5.74, 6) is 1.89. The molecule has 0 spiro atoms. The summed E-state index contributed by atoms with van der Waals surface area (Å²) in [7, 11) is 0. The maximum Gasteiger partial charge on any atom is 0.250 e. The summed E-state index contributed by atoms with van der Waals surface area (Å²) in [5, 5.41) is 3.29. The molecule has 1 amide bonds. The highest BCUT2D eigenvalue weighted by molar-refractivity contribution is 5.92. The highest BCUT2D eigenvalue weighted by Gasteiger charge is 2.67. The molecule has 4 bridgehead atoms. The average molecular weight is 430 g/mol. The molecule has 2 fully saturated rings. The van der Waals surface area contributed by atoms with Crippen molar-refractivity contribution in [1.29, 1.82) is 0 Å². The van der Waals surface area contributed by atoms with Gasteiger partial charge in [-0.15, -0.1) is 0 Å². The van der Waals surface area contributed by atoms with Gasteiger partial charge in [0.15, 0.2) is 5.54 Å². The van der Waals surface area contributed by atoms with Crippen LogP contribution in [0.25, 0.3) is 0 Å². The van der Waals surface area contributed by atoms with Crippen molar-refractivity contribution in [1.82, 2.24) is 10.2 Å². The zero-order chi connectivity index (χ0) is 22.3. The van der Waals surface area contributed by atoms with Gasteiger partial charge < -0.3 is 5.32 Å². The number of aryl methyl sites for hydroxylation is 1. The Labute approximate surface area is 192 Å². The smallest absolute Gasteiger partial charge is 0.250 e. The fourth-order valence-electron chi connectivity index (χ4n) is 6.55. The molecule has 2 aromatic rings.